The Balaban J connectivity index is 1.49. The third kappa shape index (κ3) is 4.48. The van der Waals surface area contributed by atoms with Crippen molar-refractivity contribution in [1.82, 2.24) is 0 Å². The van der Waals surface area contributed by atoms with Gasteiger partial charge in [-0.2, -0.15) is 0 Å². The molecule has 0 spiro atoms. The maximum absolute atomic E-state index is 6.06. The first-order valence-corrected chi connectivity index (χ1v) is 8.96. The van der Waals surface area contributed by atoms with E-state index in [0.29, 0.717) is 6.04 Å². The van der Waals surface area contributed by atoms with Gasteiger partial charge in [-0.1, -0.05) is 39.7 Å². The minimum Gasteiger partial charge on any atom is -0.382 e. The molecular formula is C18H21BrClN2+. The Morgan fingerprint density at radius 1 is 1.09 bits per heavy atom. The number of rotatable bonds is 4. The molecule has 0 aromatic heterocycles. The van der Waals surface area contributed by atoms with Gasteiger partial charge in [-0.25, -0.2) is 0 Å². The van der Waals surface area contributed by atoms with E-state index in [2.05, 4.69) is 57.6 Å². The van der Waals surface area contributed by atoms with E-state index >= 15 is 0 Å². The van der Waals surface area contributed by atoms with Gasteiger partial charge in [0.2, 0.25) is 0 Å². The number of anilines is 1. The lowest BCUT2D eigenvalue weighted by Gasteiger charge is -2.30. The molecule has 1 aliphatic rings. The summed E-state index contributed by atoms with van der Waals surface area (Å²) in [7, 11) is 0. The highest BCUT2D eigenvalue weighted by atomic mass is 79.9. The molecule has 1 fully saturated rings. The summed E-state index contributed by atoms with van der Waals surface area (Å²) in [6.07, 6.45) is 2.43. The van der Waals surface area contributed by atoms with Gasteiger partial charge in [0, 0.05) is 39.6 Å². The van der Waals surface area contributed by atoms with Gasteiger partial charge < -0.3 is 10.2 Å². The monoisotopic (exact) mass is 379 g/mol. The van der Waals surface area contributed by atoms with Crippen molar-refractivity contribution in [3.8, 4) is 0 Å². The van der Waals surface area contributed by atoms with Crippen LogP contribution in [0.5, 0.6) is 0 Å². The smallest absolute Gasteiger partial charge is 0.103 e. The molecule has 4 heteroatoms. The number of likely N-dealkylation sites (tertiary alicyclic amines) is 1. The fraction of sp³-hybridized carbons (Fsp3) is 0.333. The maximum atomic E-state index is 6.06. The lowest BCUT2D eigenvalue weighted by molar-refractivity contribution is -0.918. The van der Waals surface area contributed by atoms with Gasteiger partial charge in [0.05, 0.1) is 13.1 Å². The highest BCUT2D eigenvalue weighted by Crippen LogP contribution is 2.17. The zero-order chi connectivity index (χ0) is 15.4. The molecule has 0 aliphatic carbocycles. The third-order valence-electron chi connectivity index (χ3n) is 4.25. The first-order chi connectivity index (χ1) is 10.7. The second kappa shape index (κ2) is 7.49. The van der Waals surface area contributed by atoms with Crippen LogP contribution in [0.1, 0.15) is 18.4 Å². The molecule has 0 unspecified atom stereocenters. The molecule has 1 heterocycles. The molecule has 22 heavy (non-hydrogen) atoms. The van der Waals surface area contributed by atoms with Gasteiger partial charge in [0.1, 0.15) is 6.54 Å². The van der Waals surface area contributed by atoms with Crippen molar-refractivity contribution in [2.24, 2.45) is 0 Å². The van der Waals surface area contributed by atoms with E-state index in [1.807, 2.05) is 12.1 Å². The minimum atomic E-state index is 0.587. The SMILES string of the molecule is Clc1cccc(C[NH+]2CCC(Nc3ccc(Br)cc3)CC2)c1. The third-order valence-corrected chi connectivity index (χ3v) is 5.01. The second-order valence-electron chi connectivity index (χ2n) is 5.98. The van der Waals surface area contributed by atoms with E-state index in [1.54, 1.807) is 4.90 Å². The van der Waals surface area contributed by atoms with Crippen LogP contribution in [0.3, 0.4) is 0 Å². The summed E-state index contributed by atoms with van der Waals surface area (Å²) in [6.45, 7) is 3.49. The Morgan fingerprint density at radius 2 is 1.82 bits per heavy atom. The van der Waals surface area contributed by atoms with Crippen molar-refractivity contribution in [3.63, 3.8) is 0 Å². The van der Waals surface area contributed by atoms with Crippen molar-refractivity contribution in [2.75, 3.05) is 18.4 Å². The van der Waals surface area contributed by atoms with E-state index in [0.717, 1.165) is 16.0 Å². The predicted octanol–water partition coefficient (Wildman–Crippen LogP) is 3.76. The summed E-state index contributed by atoms with van der Waals surface area (Å²) in [4.78, 5) is 1.65. The van der Waals surface area contributed by atoms with E-state index in [4.69, 9.17) is 11.6 Å². The normalized spacial score (nSPS) is 21.5. The summed E-state index contributed by atoms with van der Waals surface area (Å²) in [5.41, 5.74) is 2.55. The Kier molecular flexibility index (Phi) is 5.40. The number of hydrogen-bond acceptors (Lipinski definition) is 1. The van der Waals surface area contributed by atoms with Crippen molar-refractivity contribution >= 4 is 33.2 Å². The molecular weight excluding hydrogens is 360 g/mol. The zero-order valence-corrected chi connectivity index (χ0v) is 14.8. The maximum Gasteiger partial charge on any atom is 0.103 e. The van der Waals surface area contributed by atoms with Crippen molar-refractivity contribution < 1.29 is 4.90 Å². The lowest BCUT2D eigenvalue weighted by atomic mass is 10.0. The van der Waals surface area contributed by atoms with E-state index in [-0.39, 0.29) is 0 Å². The van der Waals surface area contributed by atoms with Crippen LogP contribution in [0.2, 0.25) is 5.02 Å². The summed E-state index contributed by atoms with van der Waals surface area (Å²) in [6, 6.07) is 17.3. The van der Waals surface area contributed by atoms with Gasteiger partial charge in [0.25, 0.3) is 0 Å². The molecule has 3 rings (SSSR count). The van der Waals surface area contributed by atoms with Crippen LogP contribution in [0.4, 0.5) is 5.69 Å². The first kappa shape index (κ1) is 15.9. The average molecular weight is 381 g/mol. The van der Waals surface area contributed by atoms with Crippen LogP contribution < -0.4 is 10.2 Å². The van der Waals surface area contributed by atoms with Gasteiger partial charge in [-0.3, -0.25) is 0 Å². The van der Waals surface area contributed by atoms with Gasteiger partial charge in [-0.15, -0.1) is 0 Å². The summed E-state index contributed by atoms with van der Waals surface area (Å²) < 4.78 is 1.12. The fourth-order valence-electron chi connectivity index (χ4n) is 3.06. The quantitative estimate of drug-likeness (QED) is 0.825. The standard InChI is InChI=1S/C18H20BrClN2/c19-15-4-6-17(7-5-15)21-18-8-10-22(11-9-18)13-14-2-1-3-16(20)12-14/h1-7,12,18,21H,8-11,13H2/p+1. The number of piperidine rings is 1. The topological polar surface area (TPSA) is 16.5 Å². The van der Waals surface area contributed by atoms with Gasteiger partial charge >= 0.3 is 0 Å². The fourth-order valence-corrected chi connectivity index (χ4v) is 3.54. The summed E-state index contributed by atoms with van der Waals surface area (Å²) >= 11 is 9.54. The van der Waals surface area contributed by atoms with Crippen molar-refractivity contribution in [2.45, 2.75) is 25.4 Å². The molecule has 2 aromatic carbocycles. The zero-order valence-electron chi connectivity index (χ0n) is 12.5. The Bertz CT molecular complexity index is 607. The molecule has 0 saturated carbocycles. The second-order valence-corrected chi connectivity index (χ2v) is 7.33. The van der Waals surface area contributed by atoms with Crippen LogP contribution in [-0.2, 0) is 6.54 Å². The number of nitrogens with one attached hydrogen (secondary N) is 2. The molecule has 1 saturated heterocycles. The largest absolute Gasteiger partial charge is 0.382 e. The first-order valence-electron chi connectivity index (χ1n) is 7.79. The molecule has 1 aliphatic heterocycles. The highest BCUT2D eigenvalue weighted by molar-refractivity contribution is 9.10. The summed E-state index contributed by atoms with van der Waals surface area (Å²) in [5.74, 6) is 0. The number of hydrogen-bond donors (Lipinski definition) is 2. The molecule has 0 amide bonds. The van der Waals surface area contributed by atoms with Crippen LogP contribution in [0.15, 0.2) is 53.0 Å². The lowest BCUT2D eigenvalue weighted by Crippen LogP contribution is -3.12. The molecule has 0 atom stereocenters. The van der Waals surface area contributed by atoms with Gasteiger partial charge in [0.15, 0.2) is 0 Å². The molecule has 2 nitrogen and oxygen atoms in total. The van der Waals surface area contributed by atoms with Crippen LogP contribution >= 0.6 is 27.5 Å². The van der Waals surface area contributed by atoms with Crippen LogP contribution in [0, 0.1) is 0 Å². The number of benzene rings is 2. The van der Waals surface area contributed by atoms with E-state index < -0.39 is 0 Å². The van der Waals surface area contributed by atoms with Crippen LogP contribution in [-0.4, -0.2) is 19.1 Å². The predicted molar refractivity (Wildman–Crippen MR) is 96.6 cm³/mol. The molecule has 2 aromatic rings. The van der Waals surface area contributed by atoms with E-state index in [9.17, 15) is 0 Å². The van der Waals surface area contributed by atoms with Crippen LogP contribution in [0.25, 0.3) is 0 Å². The molecule has 0 bridgehead atoms. The highest BCUT2D eigenvalue weighted by Gasteiger charge is 2.22. The Morgan fingerprint density at radius 3 is 2.50 bits per heavy atom. The average Bonchev–Trinajstić information content (AvgIpc) is 2.52. The Hall–Kier alpha value is -1.03. The molecule has 116 valence electrons. The van der Waals surface area contributed by atoms with E-state index in [1.165, 1.54) is 37.2 Å². The van der Waals surface area contributed by atoms with Gasteiger partial charge in [-0.05, 0) is 36.4 Å². The minimum absolute atomic E-state index is 0.587. The molecule has 2 N–H and O–H groups in total. The number of quaternary nitrogens is 1. The Labute approximate surface area is 145 Å². The van der Waals surface area contributed by atoms with Crippen molar-refractivity contribution in [3.05, 3.63) is 63.6 Å². The van der Waals surface area contributed by atoms with Crippen molar-refractivity contribution in [1.29, 1.82) is 0 Å². The number of halogens is 2. The molecule has 0 radical (unpaired) electrons. The summed E-state index contributed by atoms with van der Waals surface area (Å²) in [5, 5.41) is 4.48.